The first-order valence-electron chi connectivity index (χ1n) is 10.6. The number of carbonyl (C=O) groups is 2. The Morgan fingerprint density at radius 3 is 2.58 bits per heavy atom. The number of anilines is 1. The van der Waals surface area contributed by atoms with Gasteiger partial charge in [0.2, 0.25) is 17.7 Å². The van der Waals surface area contributed by atoms with Crippen LogP contribution in [0.15, 0.2) is 51.5 Å². The van der Waals surface area contributed by atoms with Gasteiger partial charge in [-0.25, -0.2) is 0 Å². The van der Waals surface area contributed by atoms with Gasteiger partial charge in [-0.1, -0.05) is 17.7 Å². The van der Waals surface area contributed by atoms with Crippen LogP contribution in [0.25, 0.3) is 11.7 Å². The van der Waals surface area contributed by atoms with Crippen LogP contribution >= 0.6 is 0 Å². The van der Waals surface area contributed by atoms with Gasteiger partial charge in [-0.05, 0) is 44.0 Å². The summed E-state index contributed by atoms with van der Waals surface area (Å²) in [5, 5.41) is 8.24. The smallest absolute Gasteiger partial charge is 0.283 e. The molecule has 1 atom stereocenters. The van der Waals surface area contributed by atoms with E-state index in [9.17, 15) is 9.59 Å². The summed E-state index contributed by atoms with van der Waals surface area (Å²) in [6.07, 6.45) is 3.35. The lowest BCUT2D eigenvalue weighted by Crippen LogP contribution is -2.42. The van der Waals surface area contributed by atoms with Crippen molar-refractivity contribution in [3.63, 3.8) is 0 Å². The Balaban J connectivity index is 1.19. The highest BCUT2D eigenvalue weighted by Gasteiger charge is 2.38. The zero-order valence-electron chi connectivity index (χ0n) is 17.4. The quantitative estimate of drug-likeness (QED) is 0.642. The molecule has 0 N–H and O–H groups in total. The highest BCUT2D eigenvalue weighted by Crippen LogP contribution is 2.32. The van der Waals surface area contributed by atoms with Crippen molar-refractivity contribution in [3.8, 4) is 11.7 Å². The van der Waals surface area contributed by atoms with Gasteiger partial charge in [0.05, 0.1) is 12.2 Å². The minimum Gasteiger partial charge on any atom is -0.459 e. The Morgan fingerprint density at radius 2 is 1.87 bits per heavy atom. The molecule has 2 aromatic heterocycles. The topological polar surface area (TPSA) is 92.7 Å². The van der Waals surface area contributed by atoms with Crippen LogP contribution in [0.5, 0.6) is 0 Å². The number of hydrogen-bond donors (Lipinski definition) is 0. The van der Waals surface area contributed by atoms with E-state index >= 15 is 0 Å². The molecule has 2 saturated heterocycles. The van der Waals surface area contributed by atoms with Gasteiger partial charge >= 0.3 is 0 Å². The number of benzene rings is 1. The number of rotatable bonds is 4. The molecule has 0 spiro atoms. The fourth-order valence-corrected chi connectivity index (χ4v) is 4.35. The van der Waals surface area contributed by atoms with Crippen LogP contribution in [0.3, 0.4) is 0 Å². The van der Waals surface area contributed by atoms with Crippen LogP contribution in [0.4, 0.5) is 5.69 Å². The lowest BCUT2D eigenvalue weighted by molar-refractivity contribution is -0.136. The van der Waals surface area contributed by atoms with Gasteiger partial charge in [0, 0.05) is 37.7 Å². The maximum absolute atomic E-state index is 13.1. The third kappa shape index (κ3) is 3.85. The number of nitrogens with zero attached hydrogens (tertiary/aromatic N) is 4. The summed E-state index contributed by atoms with van der Waals surface area (Å²) < 4.78 is 11.1. The number of hydrogen-bond acceptors (Lipinski definition) is 6. The predicted octanol–water partition coefficient (Wildman–Crippen LogP) is 3.40. The molecule has 2 amide bonds. The van der Waals surface area contributed by atoms with Crippen molar-refractivity contribution in [3.05, 3.63) is 54.1 Å². The maximum atomic E-state index is 13.1. The van der Waals surface area contributed by atoms with Crippen molar-refractivity contribution >= 4 is 17.5 Å². The molecule has 3 aromatic rings. The Hall–Kier alpha value is -3.42. The summed E-state index contributed by atoms with van der Waals surface area (Å²) in [7, 11) is 0. The average molecular weight is 420 g/mol. The SMILES string of the molecule is Cc1ccc(N2CC(C(=O)N3CCC(c4nnc(-c5ccco5)o4)CC3)CC2=O)cc1. The summed E-state index contributed by atoms with van der Waals surface area (Å²) in [6.45, 7) is 3.70. The van der Waals surface area contributed by atoms with Crippen molar-refractivity contribution in [1.82, 2.24) is 15.1 Å². The monoisotopic (exact) mass is 420 g/mol. The van der Waals surface area contributed by atoms with Crippen LogP contribution < -0.4 is 4.90 Å². The van der Waals surface area contributed by atoms with Gasteiger partial charge in [0.1, 0.15) is 0 Å². The molecule has 2 fully saturated rings. The summed E-state index contributed by atoms with van der Waals surface area (Å²) in [4.78, 5) is 29.2. The molecule has 8 heteroatoms. The Kier molecular flexibility index (Phi) is 5.05. The van der Waals surface area contributed by atoms with Gasteiger partial charge in [0.25, 0.3) is 5.89 Å². The van der Waals surface area contributed by atoms with E-state index in [1.54, 1.807) is 23.3 Å². The molecule has 5 rings (SSSR count). The van der Waals surface area contributed by atoms with Gasteiger partial charge < -0.3 is 18.6 Å². The van der Waals surface area contributed by atoms with Crippen LogP contribution in [0.1, 0.15) is 36.6 Å². The van der Waals surface area contributed by atoms with Crippen molar-refractivity contribution in [2.75, 3.05) is 24.5 Å². The summed E-state index contributed by atoms with van der Waals surface area (Å²) in [5.74, 6) is 1.40. The molecule has 0 saturated carbocycles. The number of likely N-dealkylation sites (tertiary alicyclic amines) is 1. The Bertz CT molecular complexity index is 1070. The molecule has 2 aliphatic rings. The first-order chi connectivity index (χ1) is 15.1. The minimum atomic E-state index is -0.292. The number of aryl methyl sites for hydroxylation is 1. The van der Waals surface area contributed by atoms with Gasteiger partial charge in [-0.2, -0.15) is 0 Å². The number of furan rings is 1. The molecule has 1 unspecified atom stereocenters. The first-order valence-corrected chi connectivity index (χ1v) is 10.6. The van der Waals surface area contributed by atoms with Crippen molar-refractivity contribution in [2.24, 2.45) is 5.92 Å². The predicted molar refractivity (Wildman–Crippen MR) is 112 cm³/mol. The van der Waals surface area contributed by atoms with E-state index < -0.39 is 0 Å². The molecule has 1 aromatic carbocycles. The second-order valence-electron chi connectivity index (χ2n) is 8.26. The summed E-state index contributed by atoms with van der Waals surface area (Å²) in [5.41, 5.74) is 2.00. The molecular formula is C23H24N4O4. The third-order valence-corrected chi connectivity index (χ3v) is 6.15. The fourth-order valence-electron chi connectivity index (χ4n) is 4.35. The van der Waals surface area contributed by atoms with E-state index in [0.29, 0.717) is 37.2 Å². The summed E-state index contributed by atoms with van der Waals surface area (Å²) >= 11 is 0. The van der Waals surface area contributed by atoms with Gasteiger partial charge in [0.15, 0.2) is 5.76 Å². The lowest BCUT2D eigenvalue weighted by Gasteiger charge is -2.32. The average Bonchev–Trinajstić information content (AvgIpc) is 3.55. The maximum Gasteiger partial charge on any atom is 0.283 e. The van der Waals surface area contributed by atoms with Crippen molar-refractivity contribution < 1.29 is 18.4 Å². The Labute approximate surface area is 179 Å². The normalized spacial score (nSPS) is 19.9. The molecule has 8 nitrogen and oxygen atoms in total. The molecule has 0 radical (unpaired) electrons. The number of carbonyl (C=O) groups excluding carboxylic acids is 2. The van der Waals surface area contributed by atoms with Crippen LogP contribution in [-0.2, 0) is 9.59 Å². The largest absolute Gasteiger partial charge is 0.459 e. The highest BCUT2D eigenvalue weighted by atomic mass is 16.4. The molecule has 0 aliphatic carbocycles. The molecule has 4 heterocycles. The molecule has 0 bridgehead atoms. The second-order valence-corrected chi connectivity index (χ2v) is 8.26. The summed E-state index contributed by atoms with van der Waals surface area (Å²) in [6, 6.07) is 11.4. The fraction of sp³-hybridized carbons (Fsp3) is 0.391. The Morgan fingerprint density at radius 1 is 1.10 bits per heavy atom. The van der Waals surface area contributed by atoms with E-state index in [-0.39, 0.29) is 30.1 Å². The van der Waals surface area contributed by atoms with Crippen LogP contribution in [-0.4, -0.2) is 46.5 Å². The highest BCUT2D eigenvalue weighted by molar-refractivity contribution is 6.00. The standard InChI is InChI=1S/C23H24N4O4/c1-15-4-6-18(7-5-15)27-14-17(13-20(27)28)23(29)26-10-8-16(9-11-26)21-24-25-22(31-21)19-3-2-12-30-19/h2-7,12,16-17H,8-11,13-14H2,1H3. The lowest BCUT2D eigenvalue weighted by atomic mass is 9.95. The molecule has 160 valence electrons. The third-order valence-electron chi connectivity index (χ3n) is 6.15. The zero-order valence-corrected chi connectivity index (χ0v) is 17.4. The van der Waals surface area contributed by atoms with Crippen LogP contribution in [0, 0.1) is 12.8 Å². The molecule has 2 aliphatic heterocycles. The molecule has 31 heavy (non-hydrogen) atoms. The van der Waals surface area contributed by atoms with Crippen LogP contribution in [0.2, 0.25) is 0 Å². The van der Waals surface area contributed by atoms with Gasteiger partial charge in [-0.3, -0.25) is 9.59 Å². The minimum absolute atomic E-state index is 0.00778. The number of amides is 2. The van der Waals surface area contributed by atoms with Crippen molar-refractivity contribution in [1.29, 1.82) is 0 Å². The zero-order chi connectivity index (χ0) is 21.4. The van der Waals surface area contributed by atoms with E-state index in [4.69, 9.17) is 8.83 Å². The molecular weight excluding hydrogens is 396 g/mol. The number of aromatic nitrogens is 2. The van der Waals surface area contributed by atoms with E-state index in [2.05, 4.69) is 10.2 Å². The number of piperidine rings is 1. The first kappa shape index (κ1) is 19.5. The van der Waals surface area contributed by atoms with Crippen molar-refractivity contribution in [2.45, 2.75) is 32.1 Å². The van der Waals surface area contributed by atoms with E-state index in [1.165, 1.54) is 0 Å². The van der Waals surface area contributed by atoms with E-state index in [0.717, 1.165) is 24.1 Å². The second kappa shape index (κ2) is 8.02. The van der Waals surface area contributed by atoms with E-state index in [1.807, 2.05) is 36.1 Å². The van der Waals surface area contributed by atoms with Gasteiger partial charge in [-0.15, -0.1) is 10.2 Å².